The lowest BCUT2D eigenvalue weighted by Crippen LogP contribution is -2.54. The highest BCUT2D eigenvalue weighted by Gasteiger charge is 2.26. The van der Waals surface area contributed by atoms with Crippen LogP contribution in [0.2, 0.25) is 0 Å². The van der Waals surface area contributed by atoms with Gasteiger partial charge in [-0.25, -0.2) is 0 Å². The first kappa shape index (κ1) is 20.6. The molecule has 0 aromatic heterocycles. The van der Waals surface area contributed by atoms with Crippen LogP contribution in [0.3, 0.4) is 0 Å². The quantitative estimate of drug-likeness (QED) is 0.556. The number of benzene rings is 1. The van der Waals surface area contributed by atoms with Crippen LogP contribution < -0.4 is 10.6 Å². The van der Waals surface area contributed by atoms with Crippen LogP contribution in [0.5, 0.6) is 0 Å². The van der Waals surface area contributed by atoms with E-state index in [9.17, 15) is 4.79 Å². The van der Waals surface area contributed by atoms with Gasteiger partial charge in [-0.2, -0.15) is 0 Å². The molecule has 6 heteroatoms. The molecule has 1 aromatic carbocycles. The van der Waals surface area contributed by atoms with Crippen molar-refractivity contribution in [1.82, 2.24) is 20.4 Å². The summed E-state index contributed by atoms with van der Waals surface area (Å²) < 4.78 is 0. The van der Waals surface area contributed by atoms with Crippen molar-refractivity contribution in [2.75, 3.05) is 45.8 Å². The first-order valence-electron chi connectivity index (χ1n) is 10.7. The third kappa shape index (κ3) is 6.23. The highest BCUT2D eigenvalue weighted by atomic mass is 16.2. The number of carbonyl (C=O) groups is 1. The highest BCUT2D eigenvalue weighted by Crippen LogP contribution is 2.18. The molecule has 6 nitrogen and oxygen atoms in total. The molecule has 0 radical (unpaired) electrons. The van der Waals surface area contributed by atoms with Gasteiger partial charge in [-0.3, -0.25) is 14.7 Å². The largest absolute Gasteiger partial charge is 0.357 e. The maximum absolute atomic E-state index is 12.0. The standard InChI is InChI=1S/C22H35N5O/c1-4-23-22(24-15-18(3)19-7-5-17(2)6-8-19)27-13-11-26(12-14-27)16-21(28)25-20-9-10-20/h5-8,18,20H,4,9-16H2,1-3H3,(H,23,24)(H,25,28). The Morgan fingerprint density at radius 1 is 1.18 bits per heavy atom. The molecule has 2 N–H and O–H groups in total. The number of amides is 1. The number of nitrogens with zero attached hydrogens (tertiary/aromatic N) is 3. The molecule has 1 aromatic rings. The molecule has 1 amide bonds. The monoisotopic (exact) mass is 385 g/mol. The van der Waals surface area contributed by atoms with E-state index in [4.69, 9.17) is 4.99 Å². The Balaban J connectivity index is 1.49. The molecule has 1 heterocycles. The molecule has 154 valence electrons. The van der Waals surface area contributed by atoms with Gasteiger partial charge in [-0.1, -0.05) is 36.8 Å². The Labute approximate surface area is 169 Å². The van der Waals surface area contributed by atoms with Crippen molar-refractivity contribution in [1.29, 1.82) is 0 Å². The second kappa shape index (κ2) is 9.92. The van der Waals surface area contributed by atoms with Crippen molar-refractivity contribution in [3.05, 3.63) is 35.4 Å². The summed E-state index contributed by atoms with van der Waals surface area (Å²) >= 11 is 0. The third-order valence-electron chi connectivity index (χ3n) is 5.48. The molecule has 3 rings (SSSR count). The predicted octanol–water partition coefficient (Wildman–Crippen LogP) is 1.96. The maximum atomic E-state index is 12.0. The van der Waals surface area contributed by atoms with E-state index in [1.165, 1.54) is 11.1 Å². The smallest absolute Gasteiger partial charge is 0.234 e. The molecule has 0 bridgehead atoms. The molecule has 1 unspecified atom stereocenters. The Morgan fingerprint density at radius 3 is 2.46 bits per heavy atom. The molecule has 2 aliphatic rings. The fraction of sp³-hybridized carbons (Fsp3) is 0.636. The molecule has 1 saturated heterocycles. The summed E-state index contributed by atoms with van der Waals surface area (Å²) in [7, 11) is 0. The lowest BCUT2D eigenvalue weighted by atomic mass is 10.0. The van der Waals surface area contributed by atoms with Crippen molar-refractivity contribution in [3.8, 4) is 0 Å². The molecule has 1 atom stereocenters. The fourth-order valence-electron chi connectivity index (χ4n) is 3.47. The van der Waals surface area contributed by atoms with Gasteiger partial charge in [0.05, 0.1) is 6.54 Å². The van der Waals surface area contributed by atoms with Gasteiger partial charge in [0.1, 0.15) is 0 Å². The highest BCUT2D eigenvalue weighted by molar-refractivity contribution is 5.80. The zero-order valence-corrected chi connectivity index (χ0v) is 17.6. The van der Waals surface area contributed by atoms with Crippen molar-refractivity contribution >= 4 is 11.9 Å². The second-order valence-corrected chi connectivity index (χ2v) is 8.11. The van der Waals surface area contributed by atoms with E-state index >= 15 is 0 Å². The summed E-state index contributed by atoms with van der Waals surface area (Å²) in [5.41, 5.74) is 2.62. The minimum Gasteiger partial charge on any atom is -0.357 e. The molecule has 28 heavy (non-hydrogen) atoms. The van der Waals surface area contributed by atoms with Gasteiger partial charge in [0.15, 0.2) is 5.96 Å². The normalized spacial score (nSPS) is 19.4. The van der Waals surface area contributed by atoms with Gasteiger partial charge >= 0.3 is 0 Å². The van der Waals surface area contributed by atoms with Gasteiger partial charge in [0.2, 0.25) is 5.91 Å². The van der Waals surface area contributed by atoms with Gasteiger partial charge in [0.25, 0.3) is 0 Å². The number of piperazine rings is 1. The van der Waals surface area contributed by atoms with Crippen LogP contribution in [0.4, 0.5) is 0 Å². The topological polar surface area (TPSA) is 60.0 Å². The van der Waals surface area contributed by atoms with Gasteiger partial charge in [-0.05, 0) is 32.3 Å². The van der Waals surface area contributed by atoms with E-state index in [1.807, 2.05) is 0 Å². The summed E-state index contributed by atoms with van der Waals surface area (Å²) in [6.07, 6.45) is 2.28. The predicted molar refractivity (Wildman–Crippen MR) is 115 cm³/mol. The molecule has 2 fully saturated rings. The number of hydrogen-bond donors (Lipinski definition) is 2. The lowest BCUT2D eigenvalue weighted by Gasteiger charge is -2.36. The van der Waals surface area contributed by atoms with Crippen molar-refractivity contribution in [3.63, 3.8) is 0 Å². The number of rotatable bonds is 7. The molecule has 1 saturated carbocycles. The van der Waals surface area contributed by atoms with Crippen molar-refractivity contribution in [2.24, 2.45) is 4.99 Å². The number of hydrogen-bond acceptors (Lipinski definition) is 3. The van der Waals surface area contributed by atoms with Gasteiger partial charge < -0.3 is 15.5 Å². The van der Waals surface area contributed by atoms with Crippen LogP contribution in [-0.2, 0) is 4.79 Å². The van der Waals surface area contributed by atoms with E-state index in [2.05, 4.69) is 65.5 Å². The Hall–Kier alpha value is -2.08. The summed E-state index contributed by atoms with van der Waals surface area (Å²) in [6.45, 7) is 12.2. The van der Waals surface area contributed by atoms with E-state index < -0.39 is 0 Å². The van der Waals surface area contributed by atoms with E-state index in [1.54, 1.807) is 0 Å². The van der Waals surface area contributed by atoms with Gasteiger partial charge in [-0.15, -0.1) is 0 Å². The minimum atomic E-state index is 0.170. The average Bonchev–Trinajstić information content (AvgIpc) is 3.50. The molecule has 0 spiro atoms. The number of aliphatic imine (C=N–C) groups is 1. The van der Waals surface area contributed by atoms with Crippen LogP contribution in [0.1, 0.15) is 43.7 Å². The summed E-state index contributed by atoms with van der Waals surface area (Å²) in [5, 5.41) is 6.51. The van der Waals surface area contributed by atoms with Crippen LogP contribution >= 0.6 is 0 Å². The fourth-order valence-corrected chi connectivity index (χ4v) is 3.47. The van der Waals surface area contributed by atoms with Crippen LogP contribution in [0.15, 0.2) is 29.3 Å². The average molecular weight is 386 g/mol. The number of carbonyl (C=O) groups excluding carboxylic acids is 1. The van der Waals surface area contributed by atoms with Gasteiger partial charge in [0, 0.05) is 51.2 Å². The molecule has 1 aliphatic carbocycles. The molecular weight excluding hydrogens is 350 g/mol. The van der Waals surface area contributed by atoms with Crippen molar-refractivity contribution in [2.45, 2.75) is 45.6 Å². The second-order valence-electron chi connectivity index (χ2n) is 8.11. The van der Waals surface area contributed by atoms with E-state index in [0.717, 1.165) is 58.1 Å². The molecular formula is C22H35N5O. The third-order valence-corrected chi connectivity index (χ3v) is 5.48. The maximum Gasteiger partial charge on any atom is 0.234 e. The zero-order chi connectivity index (χ0) is 19.9. The lowest BCUT2D eigenvalue weighted by molar-refractivity contribution is -0.122. The van der Waals surface area contributed by atoms with Crippen LogP contribution in [0.25, 0.3) is 0 Å². The number of aryl methyl sites for hydroxylation is 1. The van der Waals surface area contributed by atoms with E-state index in [0.29, 0.717) is 18.5 Å². The molecule has 1 aliphatic heterocycles. The number of nitrogens with one attached hydrogen (secondary N) is 2. The summed E-state index contributed by atoms with van der Waals surface area (Å²) in [6, 6.07) is 9.18. The van der Waals surface area contributed by atoms with Crippen LogP contribution in [-0.4, -0.2) is 73.5 Å². The minimum absolute atomic E-state index is 0.170. The first-order chi connectivity index (χ1) is 13.5. The van der Waals surface area contributed by atoms with Crippen molar-refractivity contribution < 1.29 is 4.79 Å². The Kier molecular flexibility index (Phi) is 7.31. The summed E-state index contributed by atoms with van der Waals surface area (Å²) in [4.78, 5) is 21.5. The zero-order valence-electron chi connectivity index (χ0n) is 17.6. The Bertz CT molecular complexity index is 660. The summed E-state index contributed by atoms with van der Waals surface area (Å²) in [5.74, 6) is 1.55. The van der Waals surface area contributed by atoms with Crippen LogP contribution in [0, 0.1) is 6.92 Å². The van der Waals surface area contributed by atoms with E-state index in [-0.39, 0.29) is 5.91 Å². The Morgan fingerprint density at radius 2 is 1.86 bits per heavy atom. The number of guanidine groups is 1. The first-order valence-corrected chi connectivity index (χ1v) is 10.7. The SMILES string of the molecule is CCNC(=NCC(C)c1ccc(C)cc1)N1CCN(CC(=O)NC2CC2)CC1.